The molecule has 0 saturated heterocycles. The van der Waals surface area contributed by atoms with Gasteiger partial charge in [-0.05, 0) is 74.3 Å². The maximum atomic E-state index is 13.2. The van der Waals surface area contributed by atoms with E-state index >= 15 is 0 Å². The van der Waals surface area contributed by atoms with E-state index in [1.807, 2.05) is 18.4 Å². The van der Waals surface area contributed by atoms with Gasteiger partial charge in [-0.15, -0.1) is 21.5 Å². The summed E-state index contributed by atoms with van der Waals surface area (Å²) in [6.45, 7) is 11.3. The molecule has 3 aromatic rings. The molecule has 38 heavy (non-hydrogen) atoms. The van der Waals surface area contributed by atoms with E-state index < -0.39 is 6.10 Å². The minimum absolute atomic E-state index is 0.143. The first kappa shape index (κ1) is 28.1. The number of nitrogens with zero attached hydrogens (tertiary/aromatic N) is 4. The fourth-order valence-electron chi connectivity index (χ4n) is 4.82. The van der Waals surface area contributed by atoms with Crippen LogP contribution in [-0.4, -0.2) is 26.4 Å². The molecule has 0 bridgehead atoms. The van der Waals surface area contributed by atoms with Gasteiger partial charge < -0.3 is 14.6 Å². The van der Waals surface area contributed by atoms with Gasteiger partial charge in [-0.25, -0.2) is 4.39 Å². The second-order valence-corrected chi connectivity index (χ2v) is 12.3. The highest BCUT2D eigenvalue weighted by molar-refractivity contribution is 7.99. The smallest absolute Gasteiger partial charge is 0.235 e. The number of aromatic nitrogens is 3. The van der Waals surface area contributed by atoms with Crippen molar-refractivity contribution in [1.82, 2.24) is 14.8 Å². The number of nitrogens with one attached hydrogen (secondary N) is 1. The first-order valence-corrected chi connectivity index (χ1v) is 14.8. The normalized spacial score (nSPS) is 16.0. The Morgan fingerprint density at radius 1 is 1.34 bits per heavy atom. The van der Waals surface area contributed by atoms with E-state index in [2.05, 4.69) is 42.4 Å². The van der Waals surface area contributed by atoms with Gasteiger partial charge in [0.05, 0.1) is 11.3 Å². The minimum Gasteiger partial charge on any atom is -0.483 e. The molecular formula is C28H34FN5O2S2. The first-order chi connectivity index (χ1) is 18.2. The third-order valence-corrected chi connectivity index (χ3v) is 9.67. The summed E-state index contributed by atoms with van der Waals surface area (Å²) in [6.07, 6.45) is 3.62. The van der Waals surface area contributed by atoms with Crippen LogP contribution in [-0.2, 0) is 24.2 Å². The highest BCUT2D eigenvalue weighted by atomic mass is 32.2. The summed E-state index contributed by atoms with van der Waals surface area (Å²) in [5, 5.41) is 22.7. The summed E-state index contributed by atoms with van der Waals surface area (Å²) in [7, 11) is 0. The number of anilines is 1. The molecule has 0 aliphatic heterocycles. The van der Waals surface area contributed by atoms with Gasteiger partial charge in [-0.2, -0.15) is 5.26 Å². The molecule has 0 saturated carbocycles. The second kappa shape index (κ2) is 11.9. The van der Waals surface area contributed by atoms with Gasteiger partial charge in [0.15, 0.2) is 17.1 Å². The number of thiophene rings is 1. The highest BCUT2D eigenvalue weighted by Gasteiger charge is 2.34. The van der Waals surface area contributed by atoms with Crippen molar-refractivity contribution >= 4 is 34.0 Å². The van der Waals surface area contributed by atoms with E-state index in [4.69, 9.17) is 4.74 Å². The third-order valence-electron chi connectivity index (χ3n) is 7.53. The van der Waals surface area contributed by atoms with Gasteiger partial charge >= 0.3 is 0 Å². The summed E-state index contributed by atoms with van der Waals surface area (Å²) < 4.78 is 21.0. The van der Waals surface area contributed by atoms with Gasteiger partial charge in [0.1, 0.15) is 22.6 Å². The van der Waals surface area contributed by atoms with Gasteiger partial charge in [0.2, 0.25) is 5.91 Å². The van der Waals surface area contributed by atoms with Crippen LogP contribution in [0.25, 0.3) is 0 Å². The van der Waals surface area contributed by atoms with Crippen molar-refractivity contribution in [3.8, 4) is 11.8 Å². The minimum atomic E-state index is -0.409. The molecule has 2 aromatic heterocycles. The number of halogens is 1. The number of fused-ring (bicyclic) bond motifs is 1. The van der Waals surface area contributed by atoms with Crippen molar-refractivity contribution in [3.63, 3.8) is 0 Å². The summed E-state index contributed by atoms with van der Waals surface area (Å²) in [5.41, 5.74) is 1.97. The molecule has 1 aromatic carbocycles. The molecule has 2 heterocycles. The van der Waals surface area contributed by atoms with E-state index in [0.29, 0.717) is 39.8 Å². The maximum absolute atomic E-state index is 13.2. The second-order valence-electron chi connectivity index (χ2n) is 10.2. The molecule has 1 amide bonds. The van der Waals surface area contributed by atoms with Crippen LogP contribution in [0.2, 0.25) is 0 Å². The number of rotatable bonds is 10. The Kier molecular flexibility index (Phi) is 8.78. The zero-order valence-electron chi connectivity index (χ0n) is 22.5. The van der Waals surface area contributed by atoms with Crippen LogP contribution in [0.15, 0.2) is 29.4 Å². The van der Waals surface area contributed by atoms with Gasteiger partial charge in [0.25, 0.3) is 0 Å². The molecule has 10 heteroatoms. The molecule has 0 fully saturated rings. The molecule has 2 unspecified atom stereocenters. The molecule has 0 spiro atoms. The van der Waals surface area contributed by atoms with Crippen molar-refractivity contribution in [2.45, 2.75) is 78.1 Å². The maximum Gasteiger partial charge on any atom is 0.235 e. The van der Waals surface area contributed by atoms with E-state index in [1.54, 1.807) is 23.5 Å². The average molecular weight is 556 g/mol. The zero-order chi connectivity index (χ0) is 27.4. The lowest BCUT2D eigenvalue weighted by Crippen LogP contribution is -2.28. The van der Waals surface area contributed by atoms with Crippen molar-refractivity contribution in [3.05, 3.63) is 51.9 Å². The fraction of sp³-hybridized carbons (Fsp3) is 0.500. The number of carbonyl (C=O) groups is 1. The lowest BCUT2D eigenvalue weighted by atomic mass is 9.69. The number of ether oxygens (including phenoxy) is 1. The van der Waals surface area contributed by atoms with Crippen LogP contribution >= 0.6 is 23.1 Å². The number of amides is 1. The summed E-state index contributed by atoms with van der Waals surface area (Å²) in [6, 6.07) is 8.17. The van der Waals surface area contributed by atoms with Gasteiger partial charge in [-0.1, -0.05) is 39.0 Å². The fourth-order valence-corrected chi connectivity index (χ4v) is 6.92. The Labute approximate surface area is 231 Å². The van der Waals surface area contributed by atoms with Crippen molar-refractivity contribution < 1.29 is 13.9 Å². The van der Waals surface area contributed by atoms with Crippen LogP contribution in [0.1, 0.15) is 75.4 Å². The van der Waals surface area contributed by atoms with E-state index in [9.17, 15) is 14.4 Å². The molecule has 2 atom stereocenters. The molecular weight excluding hydrogens is 521 g/mol. The predicted molar refractivity (Wildman–Crippen MR) is 149 cm³/mol. The van der Waals surface area contributed by atoms with Crippen LogP contribution in [0, 0.1) is 28.5 Å². The van der Waals surface area contributed by atoms with Crippen LogP contribution < -0.4 is 10.1 Å². The predicted octanol–water partition coefficient (Wildman–Crippen LogP) is 6.78. The molecule has 1 aliphatic rings. The van der Waals surface area contributed by atoms with E-state index in [-0.39, 0.29) is 22.9 Å². The first-order valence-electron chi connectivity index (χ1n) is 13.0. The van der Waals surface area contributed by atoms with Gasteiger partial charge in [-0.3, -0.25) is 4.79 Å². The lowest BCUT2D eigenvalue weighted by Gasteiger charge is -2.36. The number of benzene rings is 1. The topological polar surface area (TPSA) is 92.8 Å². The number of nitriles is 1. The Hall–Kier alpha value is -2.90. The Morgan fingerprint density at radius 2 is 2.08 bits per heavy atom. The summed E-state index contributed by atoms with van der Waals surface area (Å²) in [4.78, 5) is 14.1. The summed E-state index contributed by atoms with van der Waals surface area (Å²) in [5.74, 6) is 1.38. The lowest BCUT2D eigenvalue weighted by molar-refractivity contribution is -0.113. The number of hydrogen-bond acceptors (Lipinski definition) is 7. The van der Waals surface area contributed by atoms with Crippen LogP contribution in [0.3, 0.4) is 0 Å². The third kappa shape index (κ3) is 6.05. The zero-order valence-corrected chi connectivity index (χ0v) is 24.1. The van der Waals surface area contributed by atoms with Crippen molar-refractivity contribution in [1.29, 1.82) is 5.26 Å². The van der Waals surface area contributed by atoms with Crippen molar-refractivity contribution in [2.24, 2.45) is 11.3 Å². The van der Waals surface area contributed by atoms with E-state index in [1.165, 1.54) is 28.8 Å². The Balaban J connectivity index is 1.40. The molecule has 0 radical (unpaired) electrons. The molecule has 1 N–H and O–H groups in total. The SMILES string of the molecule is CCn1c(SCC(=O)Nc2sc3c(c2C#N)CCC(C(C)(C)CC)C3)nnc1C(C)Oc1ccc(F)cc1. The highest BCUT2D eigenvalue weighted by Crippen LogP contribution is 2.45. The number of hydrogen-bond donors (Lipinski definition) is 1. The molecule has 4 rings (SSSR count). The van der Waals surface area contributed by atoms with Crippen molar-refractivity contribution in [2.75, 3.05) is 11.1 Å². The Morgan fingerprint density at radius 3 is 2.74 bits per heavy atom. The number of carbonyl (C=O) groups excluding carboxylic acids is 1. The van der Waals surface area contributed by atoms with Gasteiger partial charge in [0, 0.05) is 11.4 Å². The molecule has 1 aliphatic carbocycles. The number of thioether (sulfide) groups is 1. The molecule has 7 nitrogen and oxygen atoms in total. The standard InChI is InChI=1S/C28H34FN5O2S2/c1-6-28(4,5)18-8-13-21-22(15-30)26(38-23(21)14-18)31-24(35)16-37-27-33-32-25(34(27)7-2)17(3)36-20-11-9-19(29)10-12-20/h9-12,17-18H,6-8,13-14,16H2,1-5H3,(H,31,35). The quantitative estimate of drug-likeness (QED) is 0.277. The monoisotopic (exact) mass is 555 g/mol. The Bertz CT molecular complexity index is 1330. The summed E-state index contributed by atoms with van der Waals surface area (Å²) >= 11 is 2.84. The van der Waals surface area contributed by atoms with Crippen LogP contribution in [0.5, 0.6) is 5.75 Å². The van der Waals surface area contributed by atoms with E-state index in [0.717, 1.165) is 31.2 Å². The largest absolute Gasteiger partial charge is 0.483 e. The molecule has 202 valence electrons. The average Bonchev–Trinajstić information content (AvgIpc) is 3.48. The van der Waals surface area contributed by atoms with Crippen LogP contribution in [0.4, 0.5) is 9.39 Å².